The molecular weight excluding hydrogens is 384 g/mol. The standard InChI is InChI=1S/C22H22N4O4/c1-14-5-8-25(11-15-2-3-18-19(10-15)30-13-29-18)21(27)20(14)22(28)26-9-6-16(12-26)17-4-7-23-24-17/h2-5,7-8,10,16H,6,9,11-13H2,1H3,(H,23,24). The molecule has 1 N–H and O–H groups in total. The van der Waals surface area contributed by atoms with Crippen LogP contribution >= 0.6 is 0 Å². The van der Waals surface area contributed by atoms with Crippen LogP contribution in [0.4, 0.5) is 0 Å². The maximum absolute atomic E-state index is 13.2. The van der Waals surface area contributed by atoms with Gasteiger partial charge in [-0.05, 0) is 48.7 Å². The Morgan fingerprint density at radius 2 is 2.10 bits per heavy atom. The largest absolute Gasteiger partial charge is 0.454 e. The maximum Gasteiger partial charge on any atom is 0.263 e. The van der Waals surface area contributed by atoms with Crippen LogP contribution in [-0.2, 0) is 6.54 Å². The van der Waals surface area contributed by atoms with Crippen molar-refractivity contribution in [1.82, 2.24) is 19.7 Å². The Morgan fingerprint density at radius 1 is 1.23 bits per heavy atom. The molecule has 2 aliphatic heterocycles. The number of fused-ring (bicyclic) bond motifs is 1. The smallest absolute Gasteiger partial charge is 0.263 e. The minimum atomic E-state index is -0.275. The van der Waals surface area contributed by atoms with Gasteiger partial charge in [-0.25, -0.2) is 0 Å². The average Bonchev–Trinajstić information content (AvgIpc) is 3.50. The molecule has 8 heteroatoms. The van der Waals surface area contributed by atoms with E-state index in [9.17, 15) is 9.59 Å². The van der Waals surface area contributed by atoms with Gasteiger partial charge in [-0.2, -0.15) is 5.10 Å². The molecule has 1 aromatic carbocycles. The first-order valence-electron chi connectivity index (χ1n) is 9.97. The number of benzene rings is 1. The van der Waals surface area contributed by atoms with E-state index in [1.54, 1.807) is 21.9 Å². The van der Waals surface area contributed by atoms with Crippen molar-refractivity contribution in [1.29, 1.82) is 0 Å². The summed E-state index contributed by atoms with van der Waals surface area (Å²) in [7, 11) is 0. The lowest BCUT2D eigenvalue weighted by Gasteiger charge is -2.18. The number of carbonyl (C=O) groups is 1. The summed E-state index contributed by atoms with van der Waals surface area (Å²) in [5.41, 5.74) is 2.59. The lowest BCUT2D eigenvalue weighted by atomic mass is 10.1. The van der Waals surface area contributed by atoms with Crippen LogP contribution < -0.4 is 15.0 Å². The van der Waals surface area contributed by atoms with Gasteiger partial charge in [0.25, 0.3) is 11.5 Å². The van der Waals surface area contributed by atoms with Gasteiger partial charge in [-0.15, -0.1) is 0 Å². The summed E-state index contributed by atoms with van der Waals surface area (Å²) in [4.78, 5) is 28.2. The summed E-state index contributed by atoms with van der Waals surface area (Å²) < 4.78 is 12.3. The number of H-pyrrole nitrogens is 1. The molecule has 1 fully saturated rings. The molecule has 154 valence electrons. The molecule has 0 bridgehead atoms. The van der Waals surface area contributed by atoms with E-state index >= 15 is 0 Å². The first-order valence-corrected chi connectivity index (χ1v) is 9.97. The highest BCUT2D eigenvalue weighted by Gasteiger charge is 2.31. The van der Waals surface area contributed by atoms with Crippen molar-refractivity contribution in [3.8, 4) is 11.5 Å². The Morgan fingerprint density at radius 3 is 2.93 bits per heavy atom. The van der Waals surface area contributed by atoms with E-state index < -0.39 is 0 Å². The summed E-state index contributed by atoms with van der Waals surface area (Å²) in [6.07, 6.45) is 4.30. The fraction of sp³-hybridized carbons (Fsp3) is 0.318. The van der Waals surface area contributed by atoms with Gasteiger partial charge < -0.3 is 18.9 Å². The van der Waals surface area contributed by atoms with Crippen LogP contribution in [0.3, 0.4) is 0 Å². The topological polar surface area (TPSA) is 89.4 Å². The van der Waals surface area contributed by atoms with Crippen LogP contribution in [0.25, 0.3) is 0 Å². The number of amides is 1. The molecule has 1 unspecified atom stereocenters. The zero-order valence-corrected chi connectivity index (χ0v) is 16.6. The predicted octanol–water partition coefficient (Wildman–Crippen LogP) is 2.29. The molecule has 30 heavy (non-hydrogen) atoms. The number of carbonyl (C=O) groups excluding carboxylic acids is 1. The number of hydrogen-bond donors (Lipinski definition) is 1. The molecule has 2 aromatic heterocycles. The van der Waals surface area contributed by atoms with Gasteiger partial charge in [-0.1, -0.05) is 6.07 Å². The van der Waals surface area contributed by atoms with Crippen LogP contribution in [-0.4, -0.2) is 45.5 Å². The summed E-state index contributed by atoms with van der Waals surface area (Å²) in [5, 5.41) is 6.98. The number of rotatable bonds is 4. The molecule has 5 rings (SSSR count). The first-order chi connectivity index (χ1) is 14.6. The number of ether oxygens (including phenoxy) is 2. The Bertz CT molecular complexity index is 1150. The Balaban J connectivity index is 1.39. The van der Waals surface area contributed by atoms with Crippen LogP contribution in [0.5, 0.6) is 11.5 Å². The van der Waals surface area contributed by atoms with Gasteiger partial charge in [0.05, 0.1) is 6.54 Å². The van der Waals surface area contributed by atoms with Crippen molar-refractivity contribution in [2.75, 3.05) is 19.9 Å². The van der Waals surface area contributed by atoms with Crippen LogP contribution in [0.2, 0.25) is 0 Å². The average molecular weight is 406 g/mol. The molecule has 1 atom stereocenters. The second-order valence-corrected chi connectivity index (χ2v) is 7.74. The number of aromatic nitrogens is 3. The molecule has 2 aliphatic rings. The van der Waals surface area contributed by atoms with E-state index in [1.807, 2.05) is 37.3 Å². The minimum Gasteiger partial charge on any atom is -0.454 e. The Kier molecular flexibility index (Phi) is 4.54. The van der Waals surface area contributed by atoms with Gasteiger partial charge in [0.2, 0.25) is 6.79 Å². The summed E-state index contributed by atoms with van der Waals surface area (Å²) in [5.74, 6) is 1.38. The van der Waals surface area contributed by atoms with Gasteiger partial charge in [0, 0.05) is 37.1 Å². The third-order valence-corrected chi connectivity index (χ3v) is 5.81. The van der Waals surface area contributed by atoms with Crippen LogP contribution in [0, 0.1) is 6.92 Å². The highest BCUT2D eigenvalue weighted by Crippen LogP contribution is 2.32. The molecule has 8 nitrogen and oxygen atoms in total. The van der Waals surface area contributed by atoms with Gasteiger partial charge in [0.15, 0.2) is 11.5 Å². The first kappa shape index (κ1) is 18.5. The lowest BCUT2D eigenvalue weighted by Crippen LogP contribution is -2.36. The number of nitrogens with one attached hydrogen (secondary N) is 1. The third-order valence-electron chi connectivity index (χ3n) is 5.81. The Hall–Kier alpha value is -3.55. The zero-order valence-electron chi connectivity index (χ0n) is 16.6. The van der Waals surface area contributed by atoms with E-state index in [0.29, 0.717) is 36.7 Å². The van der Waals surface area contributed by atoms with E-state index in [4.69, 9.17) is 9.47 Å². The molecule has 4 heterocycles. The molecular formula is C22H22N4O4. The quantitative estimate of drug-likeness (QED) is 0.718. The van der Waals surface area contributed by atoms with Crippen molar-refractivity contribution in [3.63, 3.8) is 0 Å². The van der Waals surface area contributed by atoms with Crippen molar-refractivity contribution >= 4 is 5.91 Å². The van der Waals surface area contributed by atoms with Gasteiger partial charge in [-0.3, -0.25) is 14.7 Å². The second kappa shape index (κ2) is 7.37. The predicted molar refractivity (Wildman–Crippen MR) is 109 cm³/mol. The lowest BCUT2D eigenvalue weighted by molar-refractivity contribution is 0.0787. The molecule has 0 saturated carbocycles. The fourth-order valence-corrected chi connectivity index (χ4v) is 4.14. The van der Waals surface area contributed by atoms with E-state index in [2.05, 4.69) is 10.2 Å². The third kappa shape index (κ3) is 3.24. The number of aromatic amines is 1. The highest BCUT2D eigenvalue weighted by molar-refractivity contribution is 5.95. The van der Waals surface area contributed by atoms with E-state index in [1.165, 1.54) is 0 Å². The van der Waals surface area contributed by atoms with Crippen LogP contribution in [0.1, 0.15) is 39.5 Å². The summed E-state index contributed by atoms with van der Waals surface area (Å²) in [6, 6.07) is 9.36. The van der Waals surface area contributed by atoms with Crippen molar-refractivity contribution in [3.05, 3.63) is 75.5 Å². The van der Waals surface area contributed by atoms with Gasteiger partial charge >= 0.3 is 0 Å². The normalized spacial score (nSPS) is 17.5. The van der Waals surface area contributed by atoms with E-state index in [-0.39, 0.29) is 29.7 Å². The maximum atomic E-state index is 13.2. The number of nitrogens with zero attached hydrogens (tertiary/aromatic N) is 3. The molecule has 1 saturated heterocycles. The highest BCUT2D eigenvalue weighted by atomic mass is 16.7. The van der Waals surface area contributed by atoms with Crippen LogP contribution in [0.15, 0.2) is 47.5 Å². The molecule has 1 amide bonds. The molecule has 0 radical (unpaired) electrons. The summed E-state index contributed by atoms with van der Waals surface area (Å²) >= 11 is 0. The molecule has 0 aliphatic carbocycles. The number of pyridine rings is 1. The number of likely N-dealkylation sites (tertiary alicyclic amines) is 1. The summed E-state index contributed by atoms with van der Waals surface area (Å²) in [6.45, 7) is 3.57. The Labute approximate surface area is 173 Å². The van der Waals surface area contributed by atoms with Crippen molar-refractivity contribution in [2.24, 2.45) is 0 Å². The number of aryl methyl sites for hydroxylation is 1. The zero-order chi connectivity index (χ0) is 20.7. The van der Waals surface area contributed by atoms with Crippen molar-refractivity contribution < 1.29 is 14.3 Å². The second-order valence-electron chi connectivity index (χ2n) is 7.74. The van der Waals surface area contributed by atoms with Gasteiger partial charge in [0.1, 0.15) is 5.56 Å². The monoisotopic (exact) mass is 406 g/mol. The molecule has 0 spiro atoms. The minimum absolute atomic E-state index is 0.206. The SMILES string of the molecule is Cc1ccn(Cc2ccc3c(c2)OCO3)c(=O)c1C(=O)N1CCC(c2ccn[nH]2)C1. The molecule has 3 aromatic rings. The van der Waals surface area contributed by atoms with Crippen molar-refractivity contribution in [2.45, 2.75) is 25.8 Å². The van der Waals surface area contributed by atoms with E-state index in [0.717, 1.165) is 17.7 Å². The fourth-order valence-electron chi connectivity index (χ4n) is 4.14. The number of hydrogen-bond acceptors (Lipinski definition) is 5.